The molecule has 2 aromatic carbocycles. The maximum atomic E-state index is 12.6. The second-order valence-electron chi connectivity index (χ2n) is 5.34. The lowest BCUT2D eigenvalue weighted by molar-refractivity contribution is 0.103. The van der Waals surface area contributed by atoms with E-state index in [9.17, 15) is 9.59 Å². The number of fused-ring (bicyclic) bond motifs is 2. The zero-order chi connectivity index (χ0) is 15.8. The molecular weight excluding hydrogens is 288 g/mol. The average Bonchev–Trinajstić information content (AvgIpc) is 3.23. The first-order valence-corrected chi connectivity index (χ1v) is 7.29. The molecule has 23 heavy (non-hydrogen) atoms. The molecule has 110 valence electrons. The molecule has 4 rings (SSSR count). The van der Waals surface area contributed by atoms with Crippen LogP contribution in [0, 0.1) is 0 Å². The molecular formula is C20H12O3. The van der Waals surface area contributed by atoms with Gasteiger partial charge in [0.05, 0.1) is 11.1 Å². The predicted molar refractivity (Wildman–Crippen MR) is 87.1 cm³/mol. The van der Waals surface area contributed by atoms with E-state index >= 15 is 0 Å². The molecule has 2 bridgehead atoms. The van der Waals surface area contributed by atoms with Crippen molar-refractivity contribution in [2.45, 2.75) is 0 Å². The van der Waals surface area contributed by atoms with Gasteiger partial charge in [0.15, 0.2) is 11.6 Å². The molecule has 0 atom stereocenters. The van der Waals surface area contributed by atoms with Crippen molar-refractivity contribution in [1.82, 2.24) is 0 Å². The van der Waals surface area contributed by atoms with E-state index in [0.29, 0.717) is 33.4 Å². The Morgan fingerprint density at radius 1 is 0.652 bits per heavy atom. The van der Waals surface area contributed by atoms with Gasteiger partial charge >= 0.3 is 0 Å². The van der Waals surface area contributed by atoms with Crippen molar-refractivity contribution in [2.24, 2.45) is 0 Å². The third kappa shape index (κ3) is 2.23. The summed E-state index contributed by atoms with van der Waals surface area (Å²) >= 11 is 0. The number of furan rings is 2. The number of carbonyl (C=O) groups excluding carboxylic acids is 2. The number of ketones is 2. The van der Waals surface area contributed by atoms with Crippen molar-refractivity contribution in [3.63, 3.8) is 0 Å². The number of carbonyl (C=O) groups is 2. The van der Waals surface area contributed by atoms with Gasteiger partial charge in [0.1, 0.15) is 11.2 Å². The van der Waals surface area contributed by atoms with E-state index in [-0.39, 0.29) is 11.6 Å². The Morgan fingerprint density at radius 3 is 1.48 bits per heavy atom. The Kier molecular flexibility index (Phi) is 3.05. The summed E-state index contributed by atoms with van der Waals surface area (Å²) in [4.78, 5) is 25.2. The molecule has 0 aliphatic carbocycles. The minimum absolute atomic E-state index is 0.137. The molecule has 0 saturated carbocycles. The van der Waals surface area contributed by atoms with Crippen LogP contribution in [0.15, 0.2) is 77.2 Å². The molecule has 3 nitrogen and oxygen atoms in total. The van der Waals surface area contributed by atoms with E-state index in [0.717, 1.165) is 0 Å². The van der Waals surface area contributed by atoms with E-state index in [1.54, 1.807) is 36.4 Å². The van der Waals surface area contributed by atoms with Gasteiger partial charge in [-0.15, -0.1) is 0 Å². The topological polar surface area (TPSA) is 47.3 Å². The summed E-state index contributed by atoms with van der Waals surface area (Å²) in [6.07, 6.45) is 0. The van der Waals surface area contributed by atoms with Crippen molar-refractivity contribution in [2.75, 3.05) is 0 Å². The summed E-state index contributed by atoms with van der Waals surface area (Å²) < 4.78 is 5.59. The highest BCUT2D eigenvalue weighted by Gasteiger charge is 2.24. The number of hydrogen-bond donors (Lipinski definition) is 0. The normalized spacial score (nSPS) is 11.0. The van der Waals surface area contributed by atoms with Gasteiger partial charge < -0.3 is 4.42 Å². The summed E-state index contributed by atoms with van der Waals surface area (Å²) in [7, 11) is 0. The van der Waals surface area contributed by atoms with Crippen molar-refractivity contribution >= 4 is 22.7 Å². The van der Waals surface area contributed by atoms with Crippen LogP contribution in [0.2, 0.25) is 0 Å². The van der Waals surface area contributed by atoms with Gasteiger partial charge in [-0.1, -0.05) is 60.7 Å². The Labute approximate surface area is 132 Å². The first kappa shape index (κ1) is 13.5. The van der Waals surface area contributed by atoms with Crippen LogP contribution in [-0.4, -0.2) is 11.6 Å². The van der Waals surface area contributed by atoms with Gasteiger partial charge in [0.2, 0.25) is 0 Å². The van der Waals surface area contributed by atoms with E-state index < -0.39 is 0 Å². The second kappa shape index (κ2) is 5.21. The lowest BCUT2D eigenvalue weighted by atomic mass is 9.97. The summed E-state index contributed by atoms with van der Waals surface area (Å²) in [5, 5.41) is 0. The van der Waals surface area contributed by atoms with Crippen LogP contribution in [-0.2, 0) is 0 Å². The minimum Gasteiger partial charge on any atom is -0.456 e. The number of rotatable bonds is 4. The zero-order valence-electron chi connectivity index (χ0n) is 12.2. The Bertz CT molecular complexity index is 906. The van der Waals surface area contributed by atoms with Gasteiger partial charge in [-0.05, 0) is 12.1 Å². The van der Waals surface area contributed by atoms with Crippen LogP contribution in [0.1, 0.15) is 31.8 Å². The Hall–Kier alpha value is -3.20. The molecule has 0 spiro atoms. The molecule has 0 saturated heterocycles. The fourth-order valence-corrected chi connectivity index (χ4v) is 2.72. The maximum absolute atomic E-state index is 12.6. The molecule has 3 heteroatoms. The van der Waals surface area contributed by atoms with Crippen LogP contribution in [0.3, 0.4) is 0 Å². The van der Waals surface area contributed by atoms with Crippen LogP contribution in [0.5, 0.6) is 0 Å². The average molecular weight is 300 g/mol. The number of hydrogen-bond acceptors (Lipinski definition) is 3. The van der Waals surface area contributed by atoms with Crippen molar-refractivity contribution in [3.8, 4) is 0 Å². The zero-order valence-corrected chi connectivity index (χ0v) is 12.2. The van der Waals surface area contributed by atoms with Gasteiger partial charge in [0.25, 0.3) is 0 Å². The third-order valence-electron chi connectivity index (χ3n) is 3.84. The Balaban J connectivity index is 1.78. The van der Waals surface area contributed by atoms with Crippen LogP contribution < -0.4 is 0 Å². The third-order valence-corrected chi connectivity index (χ3v) is 3.84. The molecule has 0 fully saturated rings. The smallest absolute Gasteiger partial charge is 0.196 e. The van der Waals surface area contributed by atoms with E-state index in [1.165, 1.54) is 0 Å². The predicted octanol–water partition coefficient (Wildman–Crippen LogP) is 4.33. The van der Waals surface area contributed by atoms with E-state index in [4.69, 9.17) is 4.42 Å². The van der Waals surface area contributed by atoms with E-state index in [1.807, 2.05) is 36.4 Å². The highest BCUT2D eigenvalue weighted by molar-refractivity contribution is 6.21. The van der Waals surface area contributed by atoms with Gasteiger partial charge in [-0.25, -0.2) is 0 Å². The number of benzene rings is 3. The first-order chi connectivity index (χ1) is 11.2. The second-order valence-corrected chi connectivity index (χ2v) is 5.34. The molecule has 2 aromatic heterocycles. The first-order valence-electron chi connectivity index (χ1n) is 7.29. The Morgan fingerprint density at radius 2 is 1.09 bits per heavy atom. The highest BCUT2D eigenvalue weighted by atomic mass is 16.3. The van der Waals surface area contributed by atoms with Gasteiger partial charge in [0, 0.05) is 11.1 Å². The van der Waals surface area contributed by atoms with Crippen LogP contribution in [0.4, 0.5) is 0 Å². The molecule has 4 aromatic rings. The van der Waals surface area contributed by atoms with Crippen LogP contribution >= 0.6 is 0 Å². The summed E-state index contributed by atoms with van der Waals surface area (Å²) in [6, 6.07) is 21.3. The lowest BCUT2D eigenvalue weighted by Gasteiger charge is -2.02. The van der Waals surface area contributed by atoms with Crippen molar-refractivity contribution in [1.29, 1.82) is 0 Å². The molecule has 0 N–H and O–H groups in total. The standard InChI is InChI=1S/C20H12O3/c21-18(13-7-3-1-4-8-13)16-11-15-12-17(20(16)23-15)19(22)14-9-5-2-6-10-14/h1-12H. The van der Waals surface area contributed by atoms with Gasteiger partial charge in [-0.2, -0.15) is 0 Å². The monoisotopic (exact) mass is 300 g/mol. The highest BCUT2D eigenvalue weighted by Crippen LogP contribution is 2.30. The quantitative estimate of drug-likeness (QED) is 0.527. The summed E-state index contributed by atoms with van der Waals surface area (Å²) in [5.41, 5.74) is 2.94. The summed E-state index contributed by atoms with van der Waals surface area (Å²) in [5.74, 6) is -0.274. The molecule has 0 aliphatic heterocycles. The molecule has 0 amide bonds. The molecule has 2 heterocycles. The van der Waals surface area contributed by atoms with Crippen LogP contribution in [0.25, 0.3) is 11.2 Å². The lowest BCUT2D eigenvalue weighted by Crippen LogP contribution is -2.05. The largest absolute Gasteiger partial charge is 0.456 e. The minimum atomic E-state index is -0.137. The molecule has 0 aliphatic rings. The van der Waals surface area contributed by atoms with Crippen molar-refractivity contribution < 1.29 is 14.0 Å². The fourth-order valence-electron chi connectivity index (χ4n) is 2.72. The summed E-state index contributed by atoms with van der Waals surface area (Å²) in [6.45, 7) is 0. The fraction of sp³-hybridized carbons (Fsp3) is 0. The maximum Gasteiger partial charge on any atom is 0.196 e. The molecule has 0 unspecified atom stereocenters. The SMILES string of the molecule is O=C(c1ccccc1)c1cc2cc(C(=O)c3ccccc3)c1o2. The van der Waals surface area contributed by atoms with Gasteiger partial charge in [-0.3, -0.25) is 9.59 Å². The van der Waals surface area contributed by atoms with Crippen molar-refractivity contribution in [3.05, 3.63) is 95.1 Å². The molecule has 0 radical (unpaired) electrons. The van der Waals surface area contributed by atoms with E-state index in [2.05, 4.69) is 0 Å².